The van der Waals surface area contributed by atoms with E-state index in [1.165, 1.54) is 19.1 Å². The second-order valence-electron chi connectivity index (χ2n) is 5.42. The van der Waals surface area contributed by atoms with Crippen molar-refractivity contribution in [2.75, 3.05) is 0 Å². The van der Waals surface area contributed by atoms with E-state index >= 15 is 0 Å². The van der Waals surface area contributed by atoms with Crippen LogP contribution in [0.15, 0.2) is 35.1 Å². The molecule has 0 spiro atoms. The van der Waals surface area contributed by atoms with Gasteiger partial charge in [-0.25, -0.2) is 4.79 Å². The number of fused-ring (bicyclic) bond motifs is 1. The summed E-state index contributed by atoms with van der Waals surface area (Å²) in [7, 11) is 0. The third-order valence-corrected chi connectivity index (χ3v) is 5.03. The summed E-state index contributed by atoms with van der Waals surface area (Å²) >= 11 is 1.05. The Bertz CT molecular complexity index is 775. The molecule has 3 rings (SSSR count). The minimum atomic E-state index is -1.30. The number of amides is 2. The number of nitrogens with two attached hydrogens (primary N) is 1. The summed E-state index contributed by atoms with van der Waals surface area (Å²) in [5.74, 6) is -2.84. The minimum Gasteiger partial charge on any atom is -0.476 e. The first-order chi connectivity index (χ1) is 11.3. The molecule has 1 aromatic rings. The van der Waals surface area contributed by atoms with Crippen molar-refractivity contribution in [2.45, 2.75) is 18.4 Å². The number of carboxylic acids is 1. The molecule has 1 aromatic carbocycles. The Kier molecular flexibility index (Phi) is 3.98. The maximum Gasteiger partial charge on any atom is 0.357 e. The van der Waals surface area contributed by atoms with Crippen LogP contribution in [-0.2, 0) is 9.59 Å². The zero-order chi connectivity index (χ0) is 17.6. The Morgan fingerprint density at radius 3 is 2.71 bits per heavy atom. The zero-order valence-electron chi connectivity index (χ0n) is 12.5. The number of carbonyl (C=O) groups is 3. The van der Waals surface area contributed by atoms with Gasteiger partial charge in [0.2, 0.25) is 11.8 Å². The van der Waals surface area contributed by atoms with Crippen molar-refractivity contribution in [2.24, 2.45) is 11.7 Å². The highest BCUT2D eigenvalue weighted by Crippen LogP contribution is 2.50. The summed E-state index contributed by atoms with van der Waals surface area (Å²) in [6, 6.07) is 5.99. The highest BCUT2D eigenvalue weighted by molar-refractivity contribution is 8.03. The lowest BCUT2D eigenvalue weighted by atomic mass is 9.92. The number of ether oxygens (including phenoxy) is 1. The van der Waals surface area contributed by atoms with Gasteiger partial charge >= 0.3 is 5.97 Å². The Morgan fingerprint density at radius 2 is 2.12 bits per heavy atom. The number of aliphatic carboxylic acids is 1. The molecule has 2 amide bonds. The number of thioether (sulfide) groups is 1. The van der Waals surface area contributed by atoms with Crippen LogP contribution in [0, 0.1) is 5.92 Å². The molecule has 3 unspecified atom stereocenters. The summed E-state index contributed by atoms with van der Waals surface area (Å²) in [5.41, 5.74) is 5.15. The van der Waals surface area contributed by atoms with Crippen molar-refractivity contribution in [1.82, 2.24) is 4.90 Å². The fourth-order valence-electron chi connectivity index (χ4n) is 2.64. The number of nitrogens with zero attached hydrogens (tertiary/aromatic N) is 1. The normalized spacial score (nSPS) is 23.6. The molecule has 0 aliphatic carbocycles. The maximum absolute atomic E-state index is 12.1. The summed E-state index contributed by atoms with van der Waals surface area (Å²) in [6.07, 6.45) is -0.890. The quantitative estimate of drug-likeness (QED) is 0.652. The number of carbonyl (C=O) groups excluding carboxylic acids is 2. The fourth-order valence-corrected chi connectivity index (χ4v) is 4.11. The summed E-state index contributed by atoms with van der Waals surface area (Å²) in [4.78, 5) is 35.9. The number of aliphatic hydroxyl groups is 1. The standard InChI is InChI=1S/C15H14N2O6S/c1-6(18)9-12(20)17-10(14(21)22)15(24-13(9)17)23-8-4-2-3-7(5-8)11(16)19/h2-6,9,13,18H,1H3,(H2,16,19)(H,21,22). The molecule has 0 radical (unpaired) electrons. The van der Waals surface area contributed by atoms with E-state index in [1.54, 1.807) is 12.1 Å². The predicted molar refractivity (Wildman–Crippen MR) is 83.6 cm³/mol. The van der Waals surface area contributed by atoms with Crippen molar-refractivity contribution in [3.8, 4) is 5.75 Å². The van der Waals surface area contributed by atoms with Crippen LogP contribution < -0.4 is 10.5 Å². The Labute approximate surface area is 140 Å². The molecule has 0 aromatic heterocycles. The van der Waals surface area contributed by atoms with Crippen LogP contribution in [0.25, 0.3) is 0 Å². The van der Waals surface area contributed by atoms with Gasteiger partial charge in [0.1, 0.15) is 11.1 Å². The lowest BCUT2D eigenvalue weighted by Crippen LogP contribution is -2.60. The lowest BCUT2D eigenvalue weighted by Gasteiger charge is -2.43. The number of benzene rings is 1. The smallest absolute Gasteiger partial charge is 0.357 e. The Morgan fingerprint density at radius 1 is 1.42 bits per heavy atom. The molecular formula is C15H14N2O6S. The van der Waals surface area contributed by atoms with Crippen molar-refractivity contribution >= 4 is 29.5 Å². The molecule has 1 saturated heterocycles. The van der Waals surface area contributed by atoms with Crippen molar-refractivity contribution in [3.05, 3.63) is 40.6 Å². The molecule has 1 fully saturated rings. The van der Waals surface area contributed by atoms with E-state index in [9.17, 15) is 24.6 Å². The molecule has 0 bridgehead atoms. The zero-order valence-corrected chi connectivity index (χ0v) is 13.3. The molecule has 126 valence electrons. The molecular weight excluding hydrogens is 336 g/mol. The van der Waals surface area contributed by atoms with Crippen LogP contribution in [0.3, 0.4) is 0 Å². The van der Waals surface area contributed by atoms with Crippen molar-refractivity contribution < 1.29 is 29.3 Å². The number of hydrogen-bond acceptors (Lipinski definition) is 6. The third-order valence-electron chi connectivity index (χ3n) is 3.80. The van der Waals surface area contributed by atoms with Gasteiger partial charge in [0, 0.05) is 5.56 Å². The summed E-state index contributed by atoms with van der Waals surface area (Å²) in [5, 5.41) is 18.6. The van der Waals surface area contributed by atoms with Gasteiger partial charge < -0.3 is 20.7 Å². The van der Waals surface area contributed by atoms with Crippen LogP contribution in [0.2, 0.25) is 0 Å². The van der Waals surface area contributed by atoms with Gasteiger partial charge in [-0.2, -0.15) is 0 Å². The first-order valence-electron chi connectivity index (χ1n) is 7.04. The van der Waals surface area contributed by atoms with Gasteiger partial charge in [-0.05, 0) is 25.1 Å². The lowest BCUT2D eigenvalue weighted by molar-refractivity contribution is -0.156. The van der Waals surface area contributed by atoms with E-state index in [2.05, 4.69) is 0 Å². The second-order valence-corrected chi connectivity index (χ2v) is 6.51. The topological polar surface area (TPSA) is 130 Å². The second kappa shape index (κ2) is 5.84. The predicted octanol–water partition coefficient (Wildman–Crippen LogP) is 0.330. The van der Waals surface area contributed by atoms with Crippen molar-refractivity contribution in [3.63, 3.8) is 0 Å². The molecule has 24 heavy (non-hydrogen) atoms. The number of aliphatic hydroxyl groups excluding tert-OH is 1. The summed E-state index contributed by atoms with van der Waals surface area (Å²) in [6.45, 7) is 1.48. The molecule has 2 aliphatic rings. The van der Waals surface area contributed by atoms with E-state index in [0.29, 0.717) is 0 Å². The van der Waals surface area contributed by atoms with E-state index in [0.717, 1.165) is 16.7 Å². The fraction of sp³-hybridized carbons (Fsp3) is 0.267. The highest BCUT2D eigenvalue weighted by atomic mass is 32.2. The molecule has 4 N–H and O–H groups in total. The van der Waals surface area contributed by atoms with Crippen molar-refractivity contribution in [1.29, 1.82) is 0 Å². The number of primary amides is 1. The van der Waals surface area contributed by atoms with Gasteiger partial charge in [0.15, 0.2) is 10.8 Å². The number of carboxylic acid groups (broad SMARTS) is 1. The first-order valence-corrected chi connectivity index (χ1v) is 7.92. The summed E-state index contributed by atoms with van der Waals surface area (Å²) < 4.78 is 5.58. The first kappa shape index (κ1) is 16.3. The minimum absolute atomic E-state index is 0.0330. The van der Waals surface area contributed by atoms with E-state index in [1.807, 2.05) is 0 Å². The van der Waals surface area contributed by atoms with Gasteiger partial charge in [-0.15, -0.1) is 0 Å². The number of β-lactam (4-membered cyclic amide) rings is 1. The average molecular weight is 350 g/mol. The van der Waals surface area contributed by atoms with Crippen LogP contribution in [-0.4, -0.2) is 44.4 Å². The Balaban J connectivity index is 1.90. The van der Waals surface area contributed by atoms with E-state index < -0.39 is 35.2 Å². The SMILES string of the molecule is CC(O)C1C(=O)N2C(C(=O)O)=C(Oc3cccc(C(N)=O)c3)SC12. The van der Waals surface area contributed by atoms with Gasteiger partial charge in [0.05, 0.1) is 12.0 Å². The van der Waals surface area contributed by atoms with E-state index in [-0.39, 0.29) is 22.1 Å². The highest BCUT2D eigenvalue weighted by Gasteiger charge is 2.58. The van der Waals surface area contributed by atoms with Crippen LogP contribution in [0.4, 0.5) is 0 Å². The Hall–Kier alpha value is -2.52. The van der Waals surface area contributed by atoms with Crippen LogP contribution >= 0.6 is 11.8 Å². The molecule has 3 atom stereocenters. The van der Waals surface area contributed by atoms with Gasteiger partial charge in [-0.3, -0.25) is 14.5 Å². The molecule has 8 nitrogen and oxygen atoms in total. The molecule has 0 saturated carbocycles. The number of hydrogen-bond donors (Lipinski definition) is 3. The van der Waals surface area contributed by atoms with Crippen LogP contribution in [0.1, 0.15) is 17.3 Å². The molecule has 9 heteroatoms. The van der Waals surface area contributed by atoms with Gasteiger partial charge in [0.25, 0.3) is 0 Å². The monoisotopic (exact) mass is 350 g/mol. The van der Waals surface area contributed by atoms with Crippen LogP contribution in [0.5, 0.6) is 5.75 Å². The third kappa shape index (κ3) is 2.51. The molecule has 2 heterocycles. The number of rotatable bonds is 5. The molecule has 2 aliphatic heterocycles. The maximum atomic E-state index is 12.1. The largest absolute Gasteiger partial charge is 0.476 e. The van der Waals surface area contributed by atoms with E-state index in [4.69, 9.17) is 10.5 Å². The average Bonchev–Trinajstić information content (AvgIpc) is 2.81. The van der Waals surface area contributed by atoms with Gasteiger partial charge in [-0.1, -0.05) is 17.8 Å².